The second-order valence-electron chi connectivity index (χ2n) is 3.71. The van der Waals surface area contributed by atoms with Gasteiger partial charge in [0.15, 0.2) is 0 Å². The van der Waals surface area contributed by atoms with E-state index >= 15 is 0 Å². The second kappa shape index (κ2) is 4.93. The van der Waals surface area contributed by atoms with Gasteiger partial charge in [-0.3, -0.25) is 0 Å². The Balaban J connectivity index is 2.15. The summed E-state index contributed by atoms with van der Waals surface area (Å²) < 4.78 is 10.3. The van der Waals surface area contributed by atoms with Crippen molar-refractivity contribution in [3.63, 3.8) is 0 Å². The number of thiazole rings is 1. The van der Waals surface area contributed by atoms with Crippen LogP contribution in [0.1, 0.15) is 33.7 Å². The molecule has 16 heavy (non-hydrogen) atoms. The Morgan fingerprint density at radius 2 is 2.44 bits per heavy atom. The molecule has 0 saturated heterocycles. The summed E-state index contributed by atoms with van der Waals surface area (Å²) >= 11 is 1.44. The minimum absolute atomic E-state index is 0.267. The molecule has 0 bridgehead atoms. The molecule has 0 fully saturated rings. The minimum atomic E-state index is -0.309. The average molecular weight is 241 g/mol. The van der Waals surface area contributed by atoms with E-state index in [2.05, 4.69) is 4.98 Å². The van der Waals surface area contributed by atoms with Gasteiger partial charge in [0.1, 0.15) is 0 Å². The van der Waals surface area contributed by atoms with Crippen LogP contribution < -0.4 is 0 Å². The highest BCUT2D eigenvalue weighted by molar-refractivity contribution is 7.13. The van der Waals surface area contributed by atoms with Crippen LogP contribution in [0, 0.1) is 0 Å². The van der Waals surface area contributed by atoms with Gasteiger partial charge < -0.3 is 9.47 Å². The third-order valence-electron chi connectivity index (χ3n) is 2.68. The monoisotopic (exact) mass is 241 g/mol. The predicted molar refractivity (Wildman–Crippen MR) is 60.9 cm³/mol. The maximum atomic E-state index is 11.5. The molecule has 0 N–H and O–H groups in total. The van der Waals surface area contributed by atoms with Crippen LogP contribution in [0.4, 0.5) is 0 Å². The smallest absolute Gasteiger partial charge is 0.367 e. The van der Waals surface area contributed by atoms with Gasteiger partial charge in [0.05, 0.1) is 18.4 Å². The first-order valence-electron chi connectivity index (χ1n) is 5.43. The highest BCUT2D eigenvalue weighted by Gasteiger charge is 2.24. The summed E-state index contributed by atoms with van der Waals surface area (Å²) in [7, 11) is 1.73. The van der Waals surface area contributed by atoms with Crippen molar-refractivity contribution < 1.29 is 14.3 Å². The van der Waals surface area contributed by atoms with Crippen LogP contribution in [-0.2, 0) is 22.3 Å². The molecule has 2 rings (SSSR count). The van der Waals surface area contributed by atoms with Crippen LogP contribution in [0.5, 0.6) is 0 Å². The molecule has 0 aliphatic heterocycles. The van der Waals surface area contributed by atoms with Crippen molar-refractivity contribution >= 4 is 17.3 Å². The zero-order valence-electron chi connectivity index (χ0n) is 9.49. The van der Waals surface area contributed by atoms with Gasteiger partial charge in [-0.15, -0.1) is 11.3 Å². The quantitative estimate of drug-likeness (QED) is 0.757. The Morgan fingerprint density at radius 3 is 3.12 bits per heavy atom. The first-order valence-corrected chi connectivity index (χ1v) is 6.24. The van der Waals surface area contributed by atoms with Crippen LogP contribution in [0.25, 0.3) is 0 Å². The van der Waals surface area contributed by atoms with E-state index in [1.165, 1.54) is 16.2 Å². The molecular formula is C11H15NO3S. The van der Waals surface area contributed by atoms with E-state index in [1.807, 2.05) is 0 Å². The highest BCUT2D eigenvalue weighted by Crippen LogP contribution is 2.28. The number of rotatable bonds is 3. The summed E-state index contributed by atoms with van der Waals surface area (Å²) in [5.41, 5.74) is 1.04. The van der Waals surface area contributed by atoms with Gasteiger partial charge in [0.25, 0.3) is 0 Å². The average Bonchev–Trinajstić information content (AvgIpc) is 2.71. The molecule has 0 spiro atoms. The van der Waals surface area contributed by atoms with Gasteiger partial charge in [0, 0.05) is 18.4 Å². The number of hydrogen-bond acceptors (Lipinski definition) is 5. The zero-order valence-corrected chi connectivity index (χ0v) is 10.3. The van der Waals surface area contributed by atoms with Crippen molar-refractivity contribution in [2.45, 2.75) is 32.3 Å². The van der Waals surface area contributed by atoms with E-state index in [0.29, 0.717) is 11.6 Å². The van der Waals surface area contributed by atoms with Crippen LogP contribution >= 0.6 is 11.3 Å². The van der Waals surface area contributed by atoms with Gasteiger partial charge in [-0.05, 0) is 19.8 Å². The van der Waals surface area contributed by atoms with E-state index < -0.39 is 0 Å². The molecule has 1 unspecified atom stereocenters. The van der Waals surface area contributed by atoms with Crippen LogP contribution in [0.3, 0.4) is 0 Å². The summed E-state index contributed by atoms with van der Waals surface area (Å²) in [6, 6.07) is 0. The standard InChI is InChI=1S/C11H15NO3S/c1-3-15-11(13)10-12-8-5-4-7(14-2)6-9(8)16-10/h7H,3-6H2,1-2H3. The number of methoxy groups -OCH3 is 1. The Hall–Kier alpha value is -0.940. The number of nitrogens with zero attached hydrogens (tertiary/aromatic N) is 1. The van der Waals surface area contributed by atoms with Crippen LogP contribution in [0.15, 0.2) is 0 Å². The van der Waals surface area contributed by atoms with Crippen molar-refractivity contribution in [3.05, 3.63) is 15.6 Å². The van der Waals surface area contributed by atoms with Gasteiger partial charge in [-0.1, -0.05) is 0 Å². The number of esters is 1. The molecule has 1 aliphatic rings. The number of aromatic nitrogens is 1. The lowest BCUT2D eigenvalue weighted by Crippen LogP contribution is -2.19. The van der Waals surface area contributed by atoms with E-state index in [4.69, 9.17) is 9.47 Å². The molecule has 1 aliphatic carbocycles. The Labute approximate surface area is 98.6 Å². The second-order valence-corrected chi connectivity index (χ2v) is 4.79. The summed E-state index contributed by atoms with van der Waals surface area (Å²) in [4.78, 5) is 17.0. The Morgan fingerprint density at radius 1 is 1.62 bits per heavy atom. The molecule has 4 nitrogen and oxygen atoms in total. The van der Waals surface area contributed by atoms with Gasteiger partial charge >= 0.3 is 5.97 Å². The van der Waals surface area contributed by atoms with Crippen molar-refractivity contribution in [3.8, 4) is 0 Å². The highest BCUT2D eigenvalue weighted by atomic mass is 32.1. The molecule has 0 saturated carbocycles. The maximum Gasteiger partial charge on any atom is 0.367 e. The first-order chi connectivity index (χ1) is 7.74. The number of carbonyl (C=O) groups excluding carboxylic acids is 1. The lowest BCUT2D eigenvalue weighted by atomic mass is 10.0. The number of aryl methyl sites for hydroxylation is 1. The van der Waals surface area contributed by atoms with Gasteiger partial charge in [-0.2, -0.15) is 0 Å². The van der Waals surface area contributed by atoms with Crippen molar-refractivity contribution in [1.29, 1.82) is 0 Å². The van der Waals surface area contributed by atoms with Crippen LogP contribution in [0.2, 0.25) is 0 Å². The van der Waals surface area contributed by atoms with Crippen LogP contribution in [-0.4, -0.2) is 30.8 Å². The molecule has 1 aromatic heterocycles. The lowest BCUT2D eigenvalue weighted by Gasteiger charge is -2.18. The fourth-order valence-electron chi connectivity index (χ4n) is 1.83. The SMILES string of the molecule is CCOC(=O)c1nc2c(s1)CC(OC)CC2. The van der Waals surface area contributed by atoms with Gasteiger partial charge in [-0.25, -0.2) is 9.78 Å². The zero-order chi connectivity index (χ0) is 11.5. The summed E-state index contributed by atoms with van der Waals surface area (Å²) in [5, 5.41) is 0.476. The lowest BCUT2D eigenvalue weighted by molar-refractivity contribution is 0.0525. The Kier molecular flexibility index (Phi) is 3.56. The fraction of sp³-hybridized carbons (Fsp3) is 0.636. The molecule has 88 valence electrons. The molecule has 0 amide bonds. The van der Waals surface area contributed by atoms with E-state index in [-0.39, 0.29) is 12.1 Å². The Bertz CT molecular complexity index is 389. The third kappa shape index (κ3) is 2.25. The van der Waals surface area contributed by atoms with Gasteiger partial charge in [0.2, 0.25) is 5.01 Å². The first kappa shape index (κ1) is 11.5. The molecule has 1 aromatic rings. The summed E-state index contributed by atoms with van der Waals surface area (Å²) in [5.74, 6) is -0.309. The molecule has 0 aromatic carbocycles. The molecule has 1 atom stereocenters. The summed E-state index contributed by atoms with van der Waals surface area (Å²) in [6.45, 7) is 2.19. The number of carbonyl (C=O) groups is 1. The number of ether oxygens (including phenoxy) is 2. The van der Waals surface area contributed by atoms with Crippen molar-refractivity contribution in [2.75, 3.05) is 13.7 Å². The van der Waals surface area contributed by atoms with E-state index in [0.717, 1.165) is 25.0 Å². The van der Waals surface area contributed by atoms with E-state index in [9.17, 15) is 4.79 Å². The number of hydrogen-bond donors (Lipinski definition) is 0. The van der Waals surface area contributed by atoms with Crippen molar-refractivity contribution in [1.82, 2.24) is 4.98 Å². The minimum Gasteiger partial charge on any atom is -0.461 e. The summed E-state index contributed by atoms with van der Waals surface area (Å²) in [6.07, 6.45) is 3.00. The maximum absolute atomic E-state index is 11.5. The fourth-order valence-corrected chi connectivity index (χ4v) is 2.89. The topological polar surface area (TPSA) is 48.4 Å². The molecule has 5 heteroatoms. The van der Waals surface area contributed by atoms with Crippen molar-refractivity contribution in [2.24, 2.45) is 0 Å². The predicted octanol–water partition coefficient (Wildman–Crippen LogP) is 1.82. The molecule has 0 radical (unpaired) electrons. The normalized spacial score (nSPS) is 19.2. The largest absolute Gasteiger partial charge is 0.461 e. The molecular weight excluding hydrogens is 226 g/mol. The van der Waals surface area contributed by atoms with E-state index in [1.54, 1.807) is 14.0 Å². The molecule has 1 heterocycles. The third-order valence-corrected chi connectivity index (χ3v) is 3.78. The number of fused-ring (bicyclic) bond motifs is 1.